The van der Waals surface area contributed by atoms with Gasteiger partial charge in [0, 0.05) is 11.8 Å². The number of nitrogens with one attached hydrogen (secondary N) is 1. The molecule has 18 heteroatoms. The number of alkyl halides is 3. The number of anilines is 1. The summed E-state index contributed by atoms with van der Waals surface area (Å²) in [4.78, 5) is 45.8. The number of carbonyl (C=O) groups excluding carboxylic acids is 2. The van der Waals surface area contributed by atoms with Crippen molar-refractivity contribution in [2.45, 2.75) is 30.4 Å². The van der Waals surface area contributed by atoms with Gasteiger partial charge < -0.3 is 25.2 Å². The number of aliphatic carboxylic acids is 1. The molecule has 1 fully saturated rings. The number of aromatic nitrogens is 1. The molecule has 1 saturated heterocycles. The van der Waals surface area contributed by atoms with E-state index in [1.165, 1.54) is 5.38 Å². The monoisotopic (exact) mass is 513 g/mol. The van der Waals surface area contributed by atoms with Gasteiger partial charge in [0.1, 0.15) is 18.8 Å². The number of hydrogen-bond donors (Lipinski definition) is 3. The van der Waals surface area contributed by atoms with Gasteiger partial charge in [-0.25, -0.2) is 9.78 Å². The van der Waals surface area contributed by atoms with E-state index in [0.717, 1.165) is 18.4 Å². The van der Waals surface area contributed by atoms with Crippen molar-refractivity contribution in [3.63, 3.8) is 0 Å². The van der Waals surface area contributed by atoms with Crippen LogP contribution in [0.4, 0.5) is 18.3 Å². The fourth-order valence-electron chi connectivity index (χ4n) is 3.19. The number of carboxylic acid groups (broad SMARTS) is 1. The number of allylic oxidation sites excluding steroid dienone is 1. The van der Waals surface area contributed by atoms with Crippen LogP contribution in [0.3, 0.4) is 0 Å². The van der Waals surface area contributed by atoms with Crippen LogP contribution in [0.1, 0.15) is 18.5 Å². The van der Waals surface area contributed by atoms with Crippen molar-refractivity contribution in [2.24, 2.45) is 5.16 Å². The normalized spacial score (nSPS) is 21.3. The van der Waals surface area contributed by atoms with E-state index in [9.17, 15) is 41.1 Å². The number of carbonyl (C=O) groups is 3. The van der Waals surface area contributed by atoms with Gasteiger partial charge in [-0.3, -0.25) is 14.5 Å². The van der Waals surface area contributed by atoms with Gasteiger partial charge in [0.2, 0.25) is 0 Å². The number of β-lactam (4-membered cyclic amide) rings is 1. The number of carboxylic acids is 1. The van der Waals surface area contributed by atoms with E-state index in [1.807, 2.05) is 0 Å². The molecule has 0 unspecified atom stereocenters. The predicted molar refractivity (Wildman–Crippen MR) is 103 cm³/mol. The molecule has 0 aliphatic carbocycles. The average Bonchev–Trinajstić information content (AvgIpc) is 3.14. The molecule has 3 heterocycles. The zero-order valence-corrected chi connectivity index (χ0v) is 18.0. The number of nitrogens with two attached hydrogens (primary N) is 1. The standard InChI is InChI=1S/C15H14F3N5O8S2/c1-30-22-8(5-4-32-14(19)20-5)11(24)21-9-6-2-3-7(31-33(28,29)15(16,17)18)10(13(26)27)23(6)12(9)25/h4,6,9H,2-3H2,1H3,(H2,19,20)(H,21,24)(H,26,27)/t6-,9-/m0/s1. The molecule has 2 aliphatic heterocycles. The molecule has 1 aromatic rings. The van der Waals surface area contributed by atoms with Crippen LogP contribution in [0, 0.1) is 0 Å². The maximum Gasteiger partial charge on any atom is 0.534 e. The highest BCUT2D eigenvalue weighted by atomic mass is 32.2. The summed E-state index contributed by atoms with van der Waals surface area (Å²) in [6, 6.07) is -2.26. The van der Waals surface area contributed by atoms with E-state index in [4.69, 9.17) is 5.73 Å². The highest BCUT2D eigenvalue weighted by Gasteiger charge is 2.56. The Labute approximate surface area is 186 Å². The van der Waals surface area contributed by atoms with Gasteiger partial charge in [-0.2, -0.15) is 21.6 Å². The lowest BCUT2D eigenvalue weighted by molar-refractivity contribution is -0.156. The molecule has 0 radical (unpaired) electrons. The fraction of sp³-hybridized carbons (Fsp3) is 0.400. The number of fused-ring (bicyclic) bond motifs is 1. The Morgan fingerprint density at radius 1 is 1.42 bits per heavy atom. The molecular weight excluding hydrogens is 499 g/mol. The van der Waals surface area contributed by atoms with Gasteiger partial charge in [-0.1, -0.05) is 5.16 Å². The maximum atomic E-state index is 12.6. The third-order valence-corrected chi connectivity index (χ3v) is 6.20. The van der Waals surface area contributed by atoms with Crippen LogP contribution in [0.15, 0.2) is 22.0 Å². The van der Waals surface area contributed by atoms with Gasteiger partial charge in [0.15, 0.2) is 22.3 Å². The summed E-state index contributed by atoms with van der Waals surface area (Å²) in [6.07, 6.45) is -0.754. The van der Waals surface area contributed by atoms with Gasteiger partial charge in [0.05, 0.1) is 6.04 Å². The molecular formula is C15H14F3N5O8S2. The predicted octanol–water partition coefficient (Wildman–Crippen LogP) is -0.272. The second-order valence-corrected chi connectivity index (χ2v) is 8.95. The van der Waals surface area contributed by atoms with Gasteiger partial charge in [-0.05, 0) is 6.42 Å². The minimum atomic E-state index is -6.15. The summed E-state index contributed by atoms with van der Waals surface area (Å²) < 4.78 is 64.4. The molecule has 2 amide bonds. The highest BCUT2D eigenvalue weighted by molar-refractivity contribution is 7.87. The quantitative estimate of drug-likeness (QED) is 0.144. The van der Waals surface area contributed by atoms with Crippen molar-refractivity contribution >= 4 is 50.1 Å². The summed E-state index contributed by atoms with van der Waals surface area (Å²) in [5.41, 5.74) is -1.63. The Kier molecular flexibility index (Phi) is 6.25. The lowest BCUT2D eigenvalue weighted by atomic mass is 9.85. The van der Waals surface area contributed by atoms with E-state index in [1.54, 1.807) is 0 Å². The summed E-state index contributed by atoms with van der Waals surface area (Å²) in [6.45, 7) is 0. The van der Waals surface area contributed by atoms with Crippen molar-refractivity contribution in [1.29, 1.82) is 0 Å². The van der Waals surface area contributed by atoms with Gasteiger partial charge in [-0.15, -0.1) is 11.3 Å². The first kappa shape index (κ1) is 24.2. The van der Waals surface area contributed by atoms with Crippen molar-refractivity contribution in [3.8, 4) is 0 Å². The Hall–Kier alpha value is -3.41. The number of hydrogen-bond acceptors (Lipinski definition) is 11. The number of oxime groups is 1. The number of nitrogen functional groups attached to an aromatic ring is 1. The van der Waals surface area contributed by atoms with E-state index >= 15 is 0 Å². The van der Waals surface area contributed by atoms with Crippen LogP contribution in [0.25, 0.3) is 0 Å². The van der Waals surface area contributed by atoms with Crippen molar-refractivity contribution in [1.82, 2.24) is 15.2 Å². The van der Waals surface area contributed by atoms with Crippen molar-refractivity contribution in [3.05, 3.63) is 22.5 Å². The first-order valence-corrected chi connectivity index (χ1v) is 11.0. The van der Waals surface area contributed by atoms with Gasteiger partial charge in [0.25, 0.3) is 11.8 Å². The zero-order valence-electron chi connectivity index (χ0n) is 16.3. The number of halogens is 3. The number of thiazole rings is 1. The topological polar surface area (TPSA) is 191 Å². The Bertz CT molecular complexity index is 1180. The van der Waals surface area contributed by atoms with Crippen molar-refractivity contribution < 1.29 is 50.1 Å². The smallest absolute Gasteiger partial charge is 0.476 e. The van der Waals surface area contributed by atoms with Crippen LogP contribution in [-0.4, -0.2) is 71.6 Å². The van der Waals surface area contributed by atoms with Crippen molar-refractivity contribution in [2.75, 3.05) is 12.8 Å². The molecule has 3 rings (SSSR count). The highest BCUT2D eigenvalue weighted by Crippen LogP contribution is 2.39. The number of nitrogens with zero attached hydrogens (tertiary/aromatic N) is 3. The van der Waals surface area contributed by atoms with Gasteiger partial charge >= 0.3 is 21.6 Å². The van der Waals surface area contributed by atoms with E-state index in [0.29, 0.717) is 4.90 Å². The molecule has 1 aromatic heterocycles. The van der Waals surface area contributed by atoms with E-state index < -0.39 is 63.4 Å². The maximum absolute atomic E-state index is 12.6. The number of amides is 2. The zero-order chi connectivity index (χ0) is 24.7. The van der Waals surface area contributed by atoms with Crippen LogP contribution in [0.5, 0.6) is 0 Å². The Morgan fingerprint density at radius 3 is 2.61 bits per heavy atom. The minimum Gasteiger partial charge on any atom is -0.476 e. The summed E-state index contributed by atoms with van der Waals surface area (Å²) in [7, 11) is -5.00. The second-order valence-electron chi connectivity index (χ2n) is 6.52. The molecule has 0 spiro atoms. The van der Waals surface area contributed by atoms with Crippen LogP contribution in [-0.2, 0) is 33.5 Å². The summed E-state index contributed by atoms with van der Waals surface area (Å²) in [5.74, 6) is -4.85. The Balaban J connectivity index is 1.83. The fourth-order valence-corrected chi connectivity index (χ4v) is 4.26. The van der Waals surface area contributed by atoms with E-state index in [2.05, 4.69) is 24.5 Å². The first-order chi connectivity index (χ1) is 15.3. The summed E-state index contributed by atoms with van der Waals surface area (Å²) >= 11 is 1.00. The molecule has 2 atom stereocenters. The van der Waals surface area contributed by atoms with Crippen LogP contribution < -0.4 is 11.1 Å². The molecule has 0 aromatic carbocycles. The third kappa shape index (κ3) is 4.42. The largest absolute Gasteiger partial charge is 0.534 e. The Morgan fingerprint density at radius 2 is 2.09 bits per heavy atom. The minimum absolute atomic E-state index is 0.0447. The lowest BCUT2D eigenvalue weighted by Crippen LogP contribution is -2.72. The van der Waals surface area contributed by atoms with E-state index in [-0.39, 0.29) is 23.0 Å². The second kappa shape index (κ2) is 8.50. The molecule has 180 valence electrons. The molecule has 0 saturated carbocycles. The SMILES string of the molecule is CON=C(C(=O)N[C@@H]1C(=O)N2C(C(=O)O)=C(OS(=O)(=O)C(F)(F)F)CC[C@@H]12)c1csc(N)n1. The lowest BCUT2D eigenvalue weighted by Gasteiger charge is -2.49. The molecule has 33 heavy (non-hydrogen) atoms. The molecule has 2 aliphatic rings. The third-order valence-electron chi connectivity index (χ3n) is 4.54. The first-order valence-electron chi connectivity index (χ1n) is 8.72. The molecule has 0 bridgehead atoms. The van der Waals surface area contributed by atoms with Crippen LogP contribution >= 0.6 is 11.3 Å². The van der Waals surface area contributed by atoms with Crippen LogP contribution in [0.2, 0.25) is 0 Å². The molecule has 4 N–H and O–H groups in total. The molecule has 13 nitrogen and oxygen atoms in total. The summed E-state index contributed by atoms with van der Waals surface area (Å²) in [5, 5.41) is 16.8. The number of rotatable bonds is 7. The average molecular weight is 513 g/mol.